The largest absolute Gasteiger partial charge is 0.468 e. The first kappa shape index (κ1) is 22.6. The molecule has 0 saturated carbocycles. The molecule has 0 spiro atoms. The van der Waals surface area contributed by atoms with E-state index >= 15 is 0 Å². The number of aromatic nitrogens is 1. The van der Waals surface area contributed by atoms with Gasteiger partial charge in [-0.25, -0.2) is 9.78 Å². The molecule has 1 aliphatic carbocycles. The second kappa shape index (κ2) is 9.78. The molecule has 0 radical (unpaired) electrons. The summed E-state index contributed by atoms with van der Waals surface area (Å²) in [5, 5.41) is 12.6. The molecule has 11 heteroatoms. The maximum absolute atomic E-state index is 12.2. The number of fused-ring (bicyclic) bond motifs is 1. The Morgan fingerprint density at radius 3 is 2.68 bits per heavy atom. The van der Waals surface area contributed by atoms with Gasteiger partial charge in [-0.05, 0) is 37.3 Å². The van der Waals surface area contributed by atoms with Crippen molar-refractivity contribution in [2.45, 2.75) is 38.3 Å². The SMILES string of the molecule is N#Cc1c(NC(=O)COC(=O)c2ccc(OCC(F)(F)F)nc2)sc2c1CCCCC2. The fourth-order valence-electron chi connectivity index (χ4n) is 3.07. The zero-order valence-electron chi connectivity index (χ0n) is 16.3. The van der Waals surface area contributed by atoms with Gasteiger partial charge in [0.15, 0.2) is 13.2 Å². The molecule has 0 atom stereocenters. The van der Waals surface area contributed by atoms with Crippen LogP contribution in [-0.4, -0.2) is 36.3 Å². The van der Waals surface area contributed by atoms with Crippen molar-refractivity contribution in [3.8, 4) is 11.9 Å². The van der Waals surface area contributed by atoms with E-state index in [-0.39, 0.29) is 11.4 Å². The van der Waals surface area contributed by atoms with E-state index in [0.717, 1.165) is 54.8 Å². The third-order valence-electron chi connectivity index (χ3n) is 4.48. The Labute approximate surface area is 179 Å². The Kier molecular flexibility index (Phi) is 7.12. The van der Waals surface area contributed by atoms with Crippen molar-refractivity contribution in [1.82, 2.24) is 4.98 Å². The Bertz CT molecular complexity index is 997. The minimum Gasteiger partial charge on any atom is -0.468 e. The predicted octanol–water partition coefficient (Wildman–Crippen LogP) is 4.02. The smallest absolute Gasteiger partial charge is 0.422 e. The third kappa shape index (κ3) is 6.18. The molecule has 0 aliphatic heterocycles. The zero-order valence-corrected chi connectivity index (χ0v) is 17.1. The Morgan fingerprint density at radius 2 is 2.00 bits per heavy atom. The van der Waals surface area contributed by atoms with E-state index in [1.54, 1.807) is 0 Å². The van der Waals surface area contributed by atoms with Crippen molar-refractivity contribution in [3.63, 3.8) is 0 Å². The molecule has 0 aromatic carbocycles. The molecule has 0 bridgehead atoms. The topological polar surface area (TPSA) is 101 Å². The third-order valence-corrected chi connectivity index (χ3v) is 5.68. The second-order valence-corrected chi connectivity index (χ2v) is 7.90. The van der Waals surface area contributed by atoms with Crippen LogP contribution >= 0.6 is 11.3 Å². The van der Waals surface area contributed by atoms with Crippen LogP contribution in [0.2, 0.25) is 0 Å². The number of hydrogen-bond donors (Lipinski definition) is 1. The summed E-state index contributed by atoms with van der Waals surface area (Å²) in [6, 6.07) is 4.43. The number of nitrogens with one attached hydrogen (secondary N) is 1. The number of nitriles is 1. The number of esters is 1. The first-order chi connectivity index (χ1) is 14.8. The minimum absolute atomic E-state index is 0.0484. The lowest BCUT2D eigenvalue weighted by Gasteiger charge is -2.09. The first-order valence-electron chi connectivity index (χ1n) is 9.44. The van der Waals surface area contributed by atoms with Gasteiger partial charge >= 0.3 is 12.1 Å². The van der Waals surface area contributed by atoms with Gasteiger partial charge in [0, 0.05) is 17.1 Å². The first-order valence-corrected chi connectivity index (χ1v) is 10.3. The van der Waals surface area contributed by atoms with Gasteiger partial charge in [-0.1, -0.05) is 6.42 Å². The molecular weight excluding hydrogens is 435 g/mol. The highest BCUT2D eigenvalue weighted by Gasteiger charge is 2.28. The number of halogens is 3. The molecule has 2 heterocycles. The highest BCUT2D eigenvalue weighted by Crippen LogP contribution is 2.36. The molecule has 0 saturated heterocycles. The number of pyridine rings is 1. The van der Waals surface area contributed by atoms with E-state index in [9.17, 15) is 28.0 Å². The maximum Gasteiger partial charge on any atom is 0.422 e. The van der Waals surface area contributed by atoms with E-state index in [1.807, 2.05) is 0 Å². The molecule has 1 aliphatic rings. The summed E-state index contributed by atoms with van der Waals surface area (Å²) >= 11 is 1.37. The average Bonchev–Trinajstić information content (AvgIpc) is 2.89. The number of rotatable bonds is 6. The van der Waals surface area contributed by atoms with Crippen molar-refractivity contribution < 1.29 is 32.2 Å². The number of carbonyl (C=O) groups excluding carboxylic acids is 2. The van der Waals surface area contributed by atoms with E-state index in [1.165, 1.54) is 17.4 Å². The van der Waals surface area contributed by atoms with Crippen molar-refractivity contribution in [3.05, 3.63) is 39.9 Å². The fraction of sp³-hybridized carbons (Fsp3) is 0.400. The van der Waals surface area contributed by atoms with Crippen LogP contribution in [0.3, 0.4) is 0 Å². The fourth-order valence-corrected chi connectivity index (χ4v) is 4.32. The Hall–Kier alpha value is -3.13. The molecule has 164 valence electrons. The second-order valence-electron chi connectivity index (χ2n) is 6.79. The monoisotopic (exact) mass is 453 g/mol. The highest BCUT2D eigenvalue weighted by molar-refractivity contribution is 7.16. The molecule has 0 unspecified atom stereocenters. The lowest BCUT2D eigenvalue weighted by atomic mass is 10.1. The van der Waals surface area contributed by atoms with Crippen molar-refractivity contribution >= 4 is 28.2 Å². The number of carbonyl (C=O) groups is 2. The van der Waals surface area contributed by atoms with Crippen LogP contribution in [0.25, 0.3) is 0 Å². The number of ether oxygens (including phenoxy) is 2. The van der Waals surface area contributed by atoms with Crippen LogP contribution < -0.4 is 10.1 Å². The number of thiophene rings is 1. The normalized spacial score (nSPS) is 13.5. The van der Waals surface area contributed by atoms with Gasteiger partial charge in [0.2, 0.25) is 5.88 Å². The van der Waals surface area contributed by atoms with Crippen LogP contribution in [0.15, 0.2) is 18.3 Å². The van der Waals surface area contributed by atoms with Crippen molar-refractivity contribution in [2.24, 2.45) is 0 Å². The number of hydrogen-bond acceptors (Lipinski definition) is 7. The standard InChI is InChI=1S/C20H18F3N3O4S/c21-20(22,23)11-30-17-7-6-12(9-25-17)19(28)29-10-16(27)26-18-14(8-24)13-4-2-1-3-5-15(13)31-18/h6-7,9H,1-5,10-11H2,(H,26,27). The van der Waals surface area contributed by atoms with Crippen LogP contribution in [0, 0.1) is 11.3 Å². The predicted molar refractivity (Wildman–Crippen MR) is 105 cm³/mol. The Balaban J connectivity index is 1.54. The van der Waals surface area contributed by atoms with Crippen molar-refractivity contribution in [2.75, 3.05) is 18.5 Å². The van der Waals surface area contributed by atoms with Gasteiger partial charge in [0.1, 0.15) is 11.1 Å². The molecule has 2 aromatic heterocycles. The quantitative estimate of drug-likeness (QED) is 0.524. The summed E-state index contributed by atoms with van der Waals surface area (Å²) in [5.41, 5.74) is 1.39. The van der Waals surface area contributed by atoms with Crippen LogP contribution in [0.4, 0.5) is 18.2 Å². The summed E-state index contributed by atoms with van der Waals surface area (Å²) in [6.07, 6.45) is 1.31. The van der Waals surface area contributed by atoms with Crippen LogP contribution in [0.5, 0.6) is 5.88 Å². The summed E-state index contributed by atoms with van der Waals surface area (Å²) in [5.74, 6) is -1.76. The number of amides is 1. The van der Waals surface area contributed by atoms with Gasteiger partial charge in [-0.3, -0.25) is 4.79 Å². The van der Waals surface area contributed by atoms with E-state index in [2.05, 4.69) is 21.1 Å². The summed E-state index contributed by atoms with van der Waals surface area (Å²) in [4.78, 5) is 28.9. The molecule has 0 fully saturated rings. The number of anilines is 1. The molecule has 7 nitrogen and oxygen atoms in total. The van der Waals surface area contributed by atoms with E-state index in [4.69, 9.17) is 4.74 Å². The van der Waals surface area contributed by atoms with E-state index in [0.29, 0.717) is 10.6 Å². The molecule has 1 N–H and O–H groups in total. The summed E-state index contributed by atoms with van der Waals surface area (Å²) < 4.78 is 45.8. The van der Waals surface area contributed by atoms with Crippen molar-refractivity contribution in [1.29, 1.82) is 5.26 Å². The average molecular weight is 453 g/mol. The lowest BCUT2D eigenvalue weighted by Crippen LogP contribution is -2.21. The summed E-state index contributed by atoms with van der Waals surface area (Å²) in [7, 11) is 0. The number of nitrogens with zero attached hydrogens (tertiary/aromatic N) is 2. The molecular formula is C20H18F3N3O4S. The maximum atomic E-state index is 12.2. The molecule has 3 rings (SSSR count). The Morgan fingerprint density at radius 1 is 1.23 bits per heavy atom. The van der Waals surface area contributed by atoms with Crippen LogP contribution in [0.1, 0.15) is 45.6 Å². The minimum atomic E-state index is -4.50. The van der Waals surface area contributed by atoms with Gasteiger partial charge in [0.05, 0.1) is 11.1 Å². The van der Waals surface area contributed by atoms with Gasteiger partial charge in [-0.15, -0.1) is 11.3 Å². The highest BCUT2D eigenvalue weighted by atomic mass is 32.1. The lowest BCUT2D eigenvalue weighted by molar-refractivity contribution is -0.154. The number of alkyl halides is 3. The molecule has 1 amide bonds. The van der Waals surface area contributed by atoms with Gasteiger partial charge in [-0.2, -0.15) is 18.4 Å². The van der Waals surface area contributed by atoms with Crippen LogP contribution in [-0.2, 0) is 22.4 Å². The number of aryl methyl sites for hydroxylation is 1. The molecule has 31 heavy (non-hydrogen) atoms. The summed E-state index contributed by atoms with van der Waals surface area (Å²) in [6.45, 7) is -2.08. The van der Waals surface area contributed by atoms with E-state index < -0.39 is 31.3 Å². The molecule has 2 aromatic rings. The van der Waals surface area contributed by atoms with Gasteiger partial charge < -0.3 is 14.8 Å². The zero-order chi connectivity index (χ0) is 22.4. The van der Waals surface area contributed by atoms with Gasteiger partial charge in [0.25, 0.3) is 5.91 Å².